The van der Waals surface area contributed by atoms with Crippen LogP contribution in [0.25, 0.3) is 0 Å². The summed E-state index contributed by atoms with van der Waals surface area (Å²) in [5, 5.41) is 20.8. The molecule has 2 aromatic rings. The summed E-state index contributed by atoms with van der Waals surface area (Å²) in [5.74, 6) is 0.148. The summed E-state index contributed by atoms with van der Waals surface area (Å²) in [6.45, 7) is 0. The Hall–Kier alpha value is -1.60. The maximum Gasteiger partial charge on any atom is 0.288 e. The van der Waals surface area contributed by atoms with Gasteiger partial charge in [0.15, 0.2) is 0 Å². The van der Waals surface area contributed by atoms with E-state index in [0.29, 0.717) is 14.4 Å². The van der Waals surface area contributed by atoms with Crippen molar-refractivity contribution in [3.63, 3.8) is 0 Å². The standard InChI is InChI=1S/C11H7BrN2O3S/c12-8-5-7(14(16)17)6-13-11(8)18-10-4-2-1-3-9(10)15/h1-6,15H. The van der Waals surface area contributed by atoms with Crippen LogP contribution in [0.1, 0.15) is 0 Å². The average Bonchev–Trinajstić information content (AvgIpc) is 2.34. The molecule has 0 saturated carbocycles. The van der Waals surface area contributed by atoms with Crippen molar-refractivity contribution < 1.29 is 10.0 Å². The van der Waals surface area contributed by atoms with Crippen LogP contribution in [-0.4, -0.2) is 15.0 Å². The van der Waals surface area contributed by atoms with Crippen molar-refractivity contribution in [2.45, 2.75) is 9.92 Å². The highest BCUT2D eigenvalue weighted by molar-refractivity contribution is 9.10. The number of hydrogen-bond donors (Lipinski definition) is 1. The second-order valence-corrected chi connectivity index (χ2v) is 5.19. The van der Waals surface area contributed by atoms with Crippen LogP contribution >= 0.6 is 27.7 Å². The van der Waals surface area contributed by atoms with Gasteiger partial charge in [0.25, 0.3) is 5.69 Å². The Balaban J connectivity index is 2.30. The van der Waals surface area contributed by atoms with Gasteiger partial charge < -0.3 is 5.11 Å². The summed E-state index contributed by atoms with van der Waals surface area (Å²) in [5.41, 5.74) is -0.0801. The van der Waals surface area contributed by atoms with E-state index < -0.39 is 4.92 Å². The smallest absolute Gasteiger partial charge is 0.288 e. The van der Waals surface area contributed by atoms with Gasteiger partial charge in [-0.3, -0.25) is 10.1 Å². The van der Waals surface area contributed by atoms with Crippen LogP contribution < -0.4 is 0 Å². The Bertz CT molecular complexity index is 607. The van der Waals surface area contributed by atoms with Gasteiger partial charge in [0.05, 0.1) is 14.3 Å². The number of aromatic nitrogens is 1. The number of rotatable bonds is 3. The number of pyridine rings is 1. The van der Waals surface area contributed by atoms with Crippen LogP contribution in [0.15, 0.2) is 50.9 Å². The average molecular weight is 327 g/mol. The lowest BCUT2D eigenvalue weighted by atomic mass is 10.3. The third-order valence-corrected chi connectivity index (χ3v) is 4.03. The number of phenols is 1. The van der Waals surface area contributed by atoms with Gasteiger partial charge in [0.2, 0.25) is 0 Å². The molecule has 1 N–H and O–H groups in total. The highest BCUT2D eigenvalue weighted by Crippen LogP contribution is 2.37. The van der Waals surface area contributed by atoms with Crippen LogP contribution in [0.3, 0.4) is 0 Å². The second-order valence-electron chi connectivity index (χ2n) is 3.31. The van der Waals surface area contributed by atoms with E-state index in [-0.39, 0.29) is 11.4 Å². The molecule has 1 aromatic carbocycles. The minimum atomic E-state index is -0.508. The molecule has 0 aliphatic carbocycles. The van der Waals surface area contributed by atoms with Gasteiger partial charge in [-0.25, -0.2) is 4.98 Å². The summed E-state index contributed by atoms with van der Waals surface area (Å²) in [4.78, 5) is 14.7. The van der Waals surface area contributed by atoms with Crippen molar-refractivity contribution in [2.75, 3.05) is 0 Å². The zero-order valence-electron chi connectivity index (χ0n) is 8.91. The van der Waals surface area contributed by atoms with E-state index in [1.54, 1.807) is 24.3 Å². The van der Waals surface area contributed by atoms with E-state index >= 15 is 0 Å². The summed E-state index contributed by atoms with van der Waals surface area (Å²) in [6.07, 6.45) is 1.19. The molecule has 1 heterocycles. The molecule has 7 heteroatoms. The summed E-state index contributed by atoms with van der Waals surface area (Å²) in [6, 6.07) is 8.21. The third-order valence-electron chi connectivity index (χ3n) is 2.08. The van der Waals surface area contributed by atoms with Crippen LogP contribution in [0.2, 0.25) is 0 Å². The number of benzene rings is 1. The maximum atomic E-state index is 10.6. The number of phenolic OH excluding ortho intramolecular Hbond substituents is 1. The molecule has 0 bridgehead atoms. The van der Waals surface area contributed by atoms with Gasteiger partial charge in [-0.1, -0.05) is 23.9 Å². The number of para-hydroxylation sites is 1. The number of nitro groups is 1. The van der Waals surface area contributed by atoms with E-state index in [9.17, 15) is 15.2 Å². The molecule has 0 unspecified atom stereocenters. The van der Waals surface area contributed by atoms with E-state index in [0.717, 1.165) is 0 Å². The molecule has 2 rings (SSSR count). The molecule has 0 spiro atoms. The fourth-order valence-corrected chi connectivity index (χ4v) is 2.61. The maximum absolute atomic E-state index is 10.6. The highest BCUT2D eigenvalue weighted by atomic mass is 79.9. The fraction of sp³-hybridized carbons (Fsp3) is 0. The summed E-state index contributed by atoms with van der Waals surface area (Å²) in [7, 11) is 0. The Morgan fingerprint density at radius 2 is 2.11 bits per heavy atom. The monoisotopic (exact) mass is 326 g/mol. The highest BCUT2D eigenvalue weighted by Gasteiger charge is 2.12. The third kappa shape index (κ3) is 2.80. The molecule has 0 atom stereocenters. The second kappa shape index (κ2) is 5.36. The minimum absolute atomic E-state index is 0.0801. The molecule has 92 valence electrons. The van der Waals surface area contributed by atoms with Crippen LogP contribution in [0, 0.1) is 10.1 Å². The van der Waals surface area contributed by atoms with Crippen molar-refractivity contribution in [1.82, 2.24) is 4.98 Å². The molecular weight excluding hydrogens is 320 g/mol. The summed E-state index contributed by atoms with van der Waals surface area (Å²) >= 11 is 4.46. The van der Waals surface area contributed by atoms with Crippen LogP contribution in [0.4, 0.5) is 5.69 Å². The van der Waals surface area contributed by atoms with E-state index in [1.807, 2.05) is 0 Å². The SMILES string of the molecule is O=[N+]([O-])c1cnc(Sc2ccccc2O)c(Br)c1. The summed E-state index contributed by atoms with van der Waals surface area (Å²) < 4.78 is 0.518. The zero-order chi connectivity index (χ0) is 13.1. The number of nitrogens with zero attached hydrogens (tertiary/aromatic N) is 2. The van der Waals surface area contributed by atoms with Crippen molar-refractivity contribution in [3.05, 3.63) is 51.1 Å². The van der Waals surface area contributed by atoms with Crippen molar-refractivity contribution in [3.8, 4) is 5.75 Å². The van der Waals surface area contributed by atoms with E-state index in [1.165, 1.54) is 24.0 Å². The molecular formula is C11H7BrN2O3S. The molecule has 0 radical (unpaired) electrons. The lowest BCUT2D eigenvalue weighted by molar-refractivity contribution is -0.385. The van der Waals surface area contributed by atoms with Crippen LogP contribution in [-0.2, 0) is 0 Å². The Labute approximate surface area is 115 Å². The van der Waals surface area contributed by atoms with E-state index in [4.69, 9.17) is 0 Å². The molecule has 0 aliphatic heterocycles. The molecule has 5 nitrogen and oxygen atoms in total. The number of halogens is 1. The predicted molar refractivity (Wildman–Crippen MR) is 70.8 cm³/mol. The molecule has 0 aliphatic rings. The normalized spacial score (nSPS) is 10.3. The topological polar surface area (TPSA) is 76.3 Å². The van der Waals surface area contributed by atoms with Crippen molar-refractivity contribution in [2.24, 2.45) is 0 Å². The van der Waals surface area contributed by atoms with Crippen LogP contribution in [0.5, 0.6) is 5.75 Å². The molecule has 18 heavy (non-hydrogen) atoms. The Morgan fingerprint density at radius 1 is 1.39 bits per heavy atom. The van der Waals surface area contributed by atoms with Gasteiger partial charge in [0, 0.05) is 6.07 Å². The van der Waals surface area contributed by atoms with Crippen molar-refractivity contribution in [1.29, 1.82) is 0 Å². The number of hydrogen-bond acceptors (Lipinski definition) is 5. The largest absolute Gasteiger partial charge is 0.507 e. The lowest BCUT2D eigenvalue weighted by Crippen LogP contribution is -1.90. The quantitative estimate of drug-likeness (QED) is 0.688. The van der Waals surface area contributed by atoms with E-state index in [2.05, 4.69) is 20.9 Å². The minimum Gasteiger partial charge on any atom is -0.507 e. The first-order valence-electron chi connectivity index (χ1n) is 4.83. The fourth-order valence-electron chi connectivity index (χ4n) is 1.24. The van der Waals surface area contributed by atoms with Gasteiger partial charge in [-0.15, -0.1) is 0 Å². The lowest BCUT2D eigenvalue weighted by Gasteiger charge is -2.04. The Kier molecular flexibility index (Phi) is 3.83. The van der Waals surface area contributed by atoms with Gasteiger partial charge in [0.1, 0.15) is 17.0 Å². The van der Waals surface area contributed by atoms with Crippen molar-refractivity contribution >= 4 is 33.4 Å². The van der Waals surface area contributed by atoms with Gasteiger partial charge in [-0.05, 0) is 28.1 Å². The first-order valence-corrected chi connectivity index (χ1v) is 6.44. The zero-order valence-corrected chi connectivity index (χ0v) is 11.3. The predicted octanol–water partition coefficient (Wildman–Crippen LogP) is 3.61. The number of aromatic hydroxyl groups is 1. The first kappa shape index (κ1) is 12.8. The first-order chi connectivity index (χ1) is 8.58. The van der Waals surface area contributed by atoms with Gasteiger partial charge >= 0.3 is 0 Å². The molecule has 0 amide bonds. The van der Waals surface area contributed by atoms with Gasteiger partial charge in [-0.2, -0.15) is 0 Å². The molecule has 0 fully saturated rings. The molecule has 1 aromatic heterocycles. The Morgan fingerprint density at radius 3 is 2.72 bits per heavy atom. The molecule has 0 saturated heterocycles.